The van der Waals surface area contributed by atoms with E-state index in [0.29, 0.717) is 6.54 Å². The fourth-order valence-corrected chi connectivity index (χ4v) is 3.31. The Hall–Kier alpha value is -1.71. The first kappa shape index (κ1) is 12.3. The Balaban J connectivity index is 2.13. The molecule has 1 heterocycles. The van der Waals surface area contributed by atoms with E-state index in [9.17, 15) is 0 Å². The van der Waals surface area contributed by atoms with Gasteiger partial charge in [-0.25, -0.2) is 4.98 Å². The molecule has 19 heavy (non-hydrogen) atoms. The van der Waals surface area contributed by atoms with E-state index in [1.165, 1.54) is 21.2 Å². The Kier molecular flexibility index (Phi) is 3.32. The van der Waals surface area contributed by atoms with Crippen LogP contribution in [0.3, 0.4) is 0 Å². The first-order chi connectivity index (χ1) is 9.28. The monoisotopic (exact) mass is 268 g/mol. The maximum Gasteiger partial charge on any atom is 0.0904 e. The lowest BCUT2D eigenvalue weighted by atomic mass is 10.0. The topological polar surface area (TPSA) is 38.9 Å². The Morgan fingerprint density at radius 3 is 2.68 bits per heavy atom. The zero-order valence-corrected chi connectivity index (χ0v) is 11.7. The molecule has 3 aromatic rings. The Labute approximate surface area is 116 Å². The number of thiazole rings is 1. The Morgan fingerprint density at radius 2 is 1.89 bits per heavy atom. The van der Waals surface area contributed by atoms with Gasteiger partial charge in [-0.1, -0.05) is 36.4 Å². The van der Waals surface area contributed by atoms with E-state index in [4.69, 9.17) is 5.73 Å². The average molecular weight is 268 g/mol. The number of rotatable bonds is 3. The SMILES string of the molecule is Cc1nc(-c2ccc3ccccc3c2)c(CCN)s1. The number of benzene rings is 2. The lowest BCUT2D eigenvalue weighted by molar-refractivity contribution is 0.986. The predicted molar refractivity (Wildman–Crippen MR) is 82.6 cm³/mol. The van der Waals surface area contributed by atoms with Crippen molar-refractivity contribution in [3.8, 4) is 11.3 Å². The molecule has 0 aliphatic carbocycles. The summed E-state index contributed by atoms with van der Waals surface area (Å²) in [5.41, 5.74) is 7.97. The molecular formula is C16H16N2S. The quantitative estimate of drug-likeness (QED) is 0.785. The average Bonchev–Trinajstić information content (AvgIpc) is 2.80. The number of aromatic nitrogens is 1. The van der Waals surface area contributed by atoms with Crippen LogP contribution in [0, 0.1) is 6.92 Å². The highest BCUT2D eigenvalue weighted by atomic mass is 32.1. The number of nitrogens with zero attached hydrogens (tertiary/aromatic N) is 1. The molecule has 2 N–H and O–H groups in total. The molecule has 0 aliphatic heterocycles. The van der Waals surface area contributed by atoms with Crippen LogP contribution in [-0.4, -0.2) is 11.5 Å². The van der Waals surface area contributed by atoms with Gasteiger partial charge in [0.15, 0.2) is 0 Å². The minimum Gasteiger partial charge on any atom is -0.330 e. The third-order valence-electron chi connectivity index (χ3n) is 3.20. The van der Waals surface area contributed by atoms with E-state index < -0.39 is 0 Å². The number of hydrogen-bond acceptors (Lipinski definition) is 3. The third kappa shape index (κ3) is 2.39. The number of fused-ring (bicyclic) bond motifs is 1. The van der Waals surface area contributed by atoms with Gasteiger partial charge in [0, 0.05) is 10.4 Å². The van der Waals surface area contributed by atoms with Gasteiger partial charge in [0.05, 0.1) is 10.7 Å². The number of hydrogen-bond donors (Lipinski definition) is 1. The zero-order chi connectivity index (χ0) is 13.2. The smallest absolute Gasteiger partial charge is 0.0904 e. The van der Waals surface area contributed by atoms with Gasteiger partial charge in [-0.15, -0.1) is 11.3 Å². The normalized spacial score (nSPS) is 11.1. The van der Waals surface area contributed by atoms with Gasteiger partial charge in [-0.2, -0.15) is 0 Å². The van der Waals surface area contributed by atoms with Crippen LogP contribution in [0.1, 0.15) is 9.88 Å². The molecule has 0 radical (unpaired) electrons. The first-order valence-corrected chi connectivity index (χ1v) is 7.25. The van der Waals surface area contributed by atoms with Gasteiger partial charge in [0.1, 0.15) is 0 Å². The highest BCUT2D eigenvalue weighted by Gasteiger charge is 2.10. The molecule has 3 rings (SSSR count). The third-order valence-corrected chi connectivity index (χ3v) is 4.23. The van der Waals surface area contributed by atoms with Gasteiger partial charge in [0.25, 0.3) is 0 Å². The van der Waals surface area contributed by atoms with Crippen LogP contribution in [0.25, 0.3) is 22.0 Å². The van der Waals surface area contributed by atoms with Crippen LogP contribution >= 0.6 is 11.3 Å². The minimum absolute atomic E-state index is 0.669. The van der Waals surface area contributed by atoms with E-state index in [-0.39, 0.29) is 0 Å². The van der Waals surface area contributed by atoms with Crippen LogP contribution < -0.4 is 5.73 Å². The molecule has 0 unspecified atom stereocenters. The van der Waals surface area contributed by atoms with Crippen molar-refractivity contribution in [2.75, 3.05) is 6.54 Å². The predicted octanol–water partition coefficient (Wildman–Crippen LogP) is 3.77. The largest absolute Gasteiger partial charge is 0.330 e. The second-order valence-corrected chi connectivity index (χ2v) is 5.89. The minimum atomic E-state index is 0.669. The maximum atomic E-state index is 5.69. The van der Waals surface area contributed by atoms with Gasteiger partial charge in [-0.05, 0) is 36.7 Å². The molecule has 0 bridgehead atoms. The van der Waals surface area contributed by atoms with Gasteiger partial charge < -0.3 is 5.73 Å². The summed E-state index contributed by atoms with van der Waals surface area (Å²) in [4.78, 5) is 5.96. The summed E-state index contributed by atoms with van der Waals surface area (Å²) in [5.74, 6) is 0. The summed E-state index contributed by atoms with van der Waals surface area (Å²) < 4.78 is 0. The molecule has 2 nitrogen and oxygen atoms in total. The summed E-state index contributed by atoms with van der Waals surface area (Å²) in [6, 6.07) is 14.9. The molecule has 2 aromatic carbocycles. The summed E-state index contributed by atoms with van der Waals surface area (Å²) in [7, 11) is 0. The first-order valence-electron chi connectivity index (χ1n) is 6.43. The molecule has 3 heteroatoms. The van der Waals surface area contributed by atoms with Gasteiger partial charge >= 0.3 is 0 Å². The highest BCUT2D eigenvalue weighted by Crippen LogP contribution is 2.30. The summed E-state index contributed by atoms with van der Waals surface area (Å²) in [6.07, 6.45) is 0.896. The molecule has 0 aliphatic rings. The Morgan fingerprint density at radius 1 is 1.11 bits per heavy atom. The van der Waals surface area contributed by atoms with Crippen molar-refractivity contribution in [3.63, 3.8) is 0 Å². The maximum absolute atomic E-state index is 5.69. The van der Waals surface area contributed by atoms with Crippen molar-refractivity contribution < 1.29 is 0 Å². The van der Waals surface area contributed by atoms with E-state index in [0.717, 1.165) is 17.1 Å². The zero-order valence-electron chi connectivity index (χ0n) is 10.9. The van der Waals surface area contributed by atoms with Crippen LogP contribution in [0.5, 0.6) is 0 Å². The van der Waals surface area contributed by atoms with Crippen molar-refractivity contribution in [2.24, 2.45) is 5.73 Å². The van der Waals surface area contributed by atoms with Gasteiger partial charge in [-0.3, -0.25) is 0 Å². The van der Waals surface area contributed by atoms with E-state index in [2.05, 4.69) is 54.4 Å². The fraction of sp³-hybridized carbons (Fsp3) is 0.188. The van der Waals surface area contributed by atoms with Crippen molar-refractivity contribution >= 4 is 22.1 Å². The molecule has 0 saturated heterocycles. The van der Waals surface area contributed by atoms with E-state index in [1.54, 1.807) is 11.3 Å². The van der Waals surface area contributed by atoms with Crippen molar-refractivity contribution in [1.29, 1.82) is 0 Å². The molecule has 0 fully saturated rings. The van der Waals surface area contributed by atoms with E-state index >= 15 is 0 Å². The molecular weight excluding hydrogens is 252 g/mol. The molecule has 96 valence electrons. The van der Waals surface area contributed by atoms with Crippen molar-refractivity contribution in [1.82, 2.24) is 4.98 Å². The molecule has 0 amide bonds. The lowest BCUT2D eigenvalue weighted by Gasteiger charge is -2.03. The van der Waals surface area contributed by atoms with Crippen LogP contribution in [0.15, 0.2) is 42.5 Å². The Bertz CT molecular complexity index is 716. The van der Waals surface area contributed by atoms with Crippen LogP contribution in [-0.2, 0) is 6.42 Å². The number of aryl methyl sites for hydroxylation is 1. The van der Waals surface area contributed by atoms with Crippen molar-refractivity contribution in [3.05, 3.63) is 52.3 Å². The van der Waals surface area contributed by atoms with Gasteiger partial charge in [0.2, 0.25) is 0 Å². The second-order valence-electron chi connectivity index (χ2n) is 4.61. The number of nitrogens with two attached hydrogens (primary N) is 1. The van der Waals surface area contributed by atoms with Crippen molar-refractivity contribution in [2.45, 2.75) is 13.3 Å². The van der Waals surface area contributed by atoms with Crippen LogP contribution in [0.2, 0.25) is 0 Å². The van der Waals surface area contributed by atoms with E-state index in [1.807, 2.05) is 0 Å². The summed E-state index contributed by atoms with van der Waals surface area (Å²) in [5, 5.41) is 3.62. The summed E-state index contributed by atoms with van der Waals surface area (Å²) >= 11 is 1.75. The molecule has 1 aromatic heterocycles. The highest BCUT2D eigenvalue weighted by molar-refractivity contribution is 7.12. The molecule has 0 spiro atoms. The standard InChI is InChI=1S/C16H16N2S/c1-11-18-16(15(19-11)8-9-17)14-7-6-12-4-2-3-5-13(12)10-14/h2-7,10H,8-9,17H2,1H3. The molecule has 0 saturated carbocycles. The lowest BCUT2D eigenvalue weighted by Crippen LogP contribution is -2.02. The second kappa shape index (κ2) is 5.11. The summed E-state index contributed by atoms with van der Waals surface area (Å²) in [6.45, 7) is 2.72. The molecule has 0 atom stereocenters. The fourth-order valence-electron chi connectivity index (χ4n) is 2.33. The van der Waals surface area contributed by atoms with Crippen LogP contribution in [0.4, 0.5) is 0 Å².